The zero-order chi connectivity index (χ0) is 18.4. The predicted molar refractivity (Wildman–Crippen MR) is 114 cm³/mol. The highest BCUT2D eigenvalue weighted by Crippen LogP contribution is 2.28. The molecular formula is C21H43N3S. The van der Waals surface area contributed by atoms with Crippen molar-refractivity contribution >= 4 is 12.6 Å². The molecule has 2 aliphatic heterocycles. The fourth-order valence-electron chi connectivity index (χ4n) is 4.80. The zero-order valence-electron chi connectivity index (χ0n) is 17.5. The van der Waals surface area contributed by atoms with Crippen LogP contribution in [0.1, 0.15) is 65.7 Å². The van der Waals surface area contributed by atoms with Gasteiger partial charge in [0, 0.05) is 17.5 Å². The smallest absolute Gasteiger partial charge is 0.0499 e. The van der Waals surface area contributed by atoms with Crippen molar-refractivity contribution in [1.29, 1.82) is 0 Å². The van der Waals surface area contributed by atoms with Gasteiger partial charge in [-0.1, -0.05) is 6.92 Å². The highest BCUT2D eigenvalue weighted by molar-refractivity contribution is 7.80. The van der Waals surface area contributed by atoms with Gasteiger partial charge in [-0.25, -0.2) is 0 Å². The minimum atomic E-state index is 0.427. The molecule has 3 unspecified atom stereocenters. The van der Waals surface area contributed by atoms with Crippen LogP contribution >= 0.6 is 12.6 Å². The van der Waals surface area contributed by atoms with Gasteiger partial charge in [0.2, 0.25) is 0 Å². The molecule has 4 heteroatoms. The first-order valence-corrected chi connectivity index (χ1v) is 11.2. The first-order chi connectivity index (χ1) is 11.9. The molecule has 0 N–H and O–H groups in total. The Kier molecular flexibility index (Phi) is 9.07. The van der Waals surface area contributed by atoms with E-state index in [1.165, 1.54) is 71.1 Å². The molecular weight excluding hydrogens is 326 g/mol. The van der Waals surface area contributed by atoms with Crippen molar-refractivity contribution in [2.75, 3.05) is 40.3 Å². The van der Waals surface area contributed by atoms with Gasteiger partial charge in [0.25, 0.3) is 0 Å². The summed E-state index contributed by atoms with van der Waals surface area (Å²) in [4.78, 5) is 7.66. The zero-order valence-corrected chi connectivity index (χ0v) is 18.3. The van der Waals surface area contributed by atoms with E-state index in [-0.39, 0.29) is 0 Å². The molecule has 2 aliphatic rings. The van der Waals surface area contributed by atoms with Gasteiger partial charge < -0.3 is 9.80 Å². The summed E-state index contributed by atoms with van der Waals surface area (Å²) in [5.41, 5.74) is 0. The molecule has 3 nitrogen and oxygen atoms in total. The maximum absolute atomic E-state index is 4.58. The molecule has 2 rings (SSSR count). The van der Waals surface area contributed by atoms with E-state index in [9.17, 15) is 0 Å². The number of nitrogens with zero attached hydrogens (tertiary/aromatic N) is 3. The van der Waals surface area contributed by atoms with E-state index in [2.05, 4.69) is 62.2 Å². The summed E-state index contributed by atoms with van der Waals surface area (Å²) in [6.07, 6.45) is 9.65. The largest absolute Gasteiger partial charge is 0.306 e. The van der Waals surface area contributed by atoms with Crippen LogP contribution in [0.3, 0.4) is 0 Å². The normalized spacial score (nSPS) is 26.0. The summed E-state index contributed by atoms with van der Waals surface area (Å²) >= 11 is 4.58. The van der Waals surface area contributed by atoms with Gasteiger partial charge in [-0.15, -0.1) is 0 Å². The van der Waals surface area contributed by atoms with Crippen molar-refractivity contribution in [3.8, 4) is 0 Å². The van der Waals surface area contributed by atoms with Crippen molar-refractivity contribution in [3.05, 3.63) is 0 Å². The highest BCUT2D eigenvalue weighted by atomic mass is 32.1. The van der Waals surface area contributed by atoms with Crippen LogP contribution in [0.5, 0.6) is 0 Å². The van der Waals surface area contributed by atoms with Gasteiger partial charge in [0.05, 0.1) is 0 Å². The van der Waals surface area contributed by atoms with E-state index in [0.717, 1.165) is 23.9 Å². The molecule has 0 saturated carbocycles. The molecule has 2 saturated heterocycles. The first-order valence-electron chi connectivity index (χ1n) is 10.7. The number of hydrogen-bond donors (Lipinski definition) is 1. The van der Waals surface area contributed by atoms with Crippen molar-refractivity contribution in [1.82, 2.24) is 14.7 Å². The van der Waals surface area contributed by atoms with E-state index in [1.807, 2.05) is 0 Å². The average molecular weight is 370 g/mol. The second-order valence-electron chi connectivity index (χ2n) is 9.11. The third-order valence-electron chi connectivity index (χ3n) is 6.84. The molecule has 3 atom stereocenters. The summed E-state index contributed by atoms with van der Waals surface area (Å²) in [5.74, 6) is 1.83. The summed E-state index contributed by atoms with van der Waals surface area (Å²) < 4.78 is 0. The molecule has 2 fully saturated rings. The van der Waals surface area contributed by atoms with Gasteiger partial charge in [-0.05, 0) is 111 Å². The monoisotopic (exact) mass is 369 g/mol. The average Bonchev–Trinajstić information content (AvgIpc) is 2.60. The maximum atomic E-state index is 4.58. The molecule has 25 heavy (non-hydrogen) atoms. The Bertz CT molecular complexity index is 358. The molecule has 0 aliphatic carbocycles. The molecule has 0 bridgehead atoms. The number of hydrogen-bond acceptors (Lipinski definition) is 4. The van der Waals surface area contributed by atoms with Crippen LogP contribution in [0, 0.1) is 11.8 Å². The maximum Gasteiger partial charge on any atom is 0.0499 e. The van der Waals surface area contributed by atoms with Crippen LogP contribution in [0.25, 0.3) is 0 Å². The Morgan fingerprint density at radius 2 is 1.44 bits per heavy atom. The minimum Gasteiger partial charge on any atom is -0.306 e. The summed E-state index contributed by atoms with van der Waals surface area (Å²) in [5, 5.41) is 0.427. The molecule has 0 aromatic carbocycles. The van der Waals surface area contributed by atoms with Gasteiger partial charge in [-0.3, -0.25) is 4.90 Å². The lowest BCUT2D eigenvalue weighted by Gasteiger charge is -2.39. The lowest BCUT2D eigenvalue weighted by atomic mass is 9.85. The van der Waals surface area contributed by atoms with Crippen molar-refractivity contribution in [3.63, 3.8) is 0 Å². The van der Waals surface area contributed by atoms with Gasteiger partial charge in [0.1, 0.15) is 0 Å². The molecule has 148 valence electrons. The second-order valence-corrected chi connectivity index (χ2v) is 9.86. The standard InChI is InChI=1S/C21H43N3S/c1-17(16-20-8-12-24(13-9-20)19(3)25)6-7-18(2)23-14-10-21(11-15-23)22(4)5/h17-21,25H,6-16H2,1-5H3. The van der Waals surface area contributed by atoms with Crippen molar-refractivity contribution in [2.45, 2.75) is 83.2 Å². The fourth-order valence-corrected chi connectivity index (χ4v) is 5.03. The summed E-state index contributed by atoms with van der Waals surface area (Å²) in [6.45, 7) is 12.2. The molecule has 0 amide bonds. The van der Waals surface area contributed by atoms with Crippen LogP contribution < -0.4 is 0 Å². The lowest BCUT2D eigenvalue weighted by Crippen LogP contribution is -2.45. The Balaban J connectivity index is 1.61. The predicted octanol–water partition coefficient (Wildman–Crippen LogP) is 4.20. The van der Waals surface area contributed by atoms with Gasteiger partial charge in [-0.2, -0.15) is 12.6 Å². The number of thiol groups is 1. The van der Waals surface area contributed by atoms with E-state index < -0.39 is 0 Å². The molecule has 2 heterocycles. The van der Waals surface area contributed by atoms with E-state index in [0.29, 0.717) is 5.37 Å². The Labute approximate surface area is 162 Å². The van der Waals surface area contributed by atoms with E-state index in [4.69, 9.17) is 0 Å². The Hall–Kier alpha value is 0.230. The summed E-state index contributed by atoms with van der Waals surface area (Å²) in [7, 11) is 4.46. The van der Waals surface area contributed by atoms with Crippen LogP contribution in [0.15, 0.2) is 0 Å². The molecule has 0 radical (unpaired) electrons. The van der Waals surface area contributed by atoms with Gasteiger partial charge >= 0.3 is 0 Å². The Morgan fingerprint density at radius 3 is 1.96 bits per heavy atom. The van der Waals surface area contributed by atoms with Crippen LogP contribution in [0.4, 0.5) is 0 Å². The Morgan fingerprint density at radius 1 is 0.880 bits per heavy atom. The number of rotatable bonds is 8. The van der Waals surface area contributed by atoms with E-state index in [1.54, 1.807) is 0 Å². The molecule has 0 aromatic heterocycles. The molecule has 0 spiro atoms. The van der Waals surface area contributed by atoms with Crippen LogP contribution in [-0.4, -0.2) is 72.4 Å². The molecule has 0 aromatic rings. The number of piperidine rings is 2. The number of likely N-dealkylation sites (tertiary alicyclic amines) is 2. The third kappa shape index (κ3) is 7.04. The van der Waals surface area contributed by atoms with Gasteiger partial charge in [0.15, 0.2) is 0 Å². The first kappa shape index (κ1) is 21.5. The second kappa shape index (κ2) is 10.5. The fraction of sp³-hybridized carbons (Fsp3) is 1.00. The van der Waals surface area contributed by atoms with E-state index >= 15 is 0 Å². The van der Waals surface area contributed by atoms with Crippen molar-refractivity contribution in [2.24, 2.45) is 11.8 Å². The SMILES string of the molecule is CC(CCC(C)N1CCC(N(C)C)CC1)CC1CCN(C(C)S)CC1. The van der Waals surface area contributed by atoms with Crippen LogP contribution in [0.2, 0.25) is 0 Å². The highest BCUT2D eigenvalue weighted by Gasteiger charge is 2.25. The third-order valence-corrected chi connectivity index (χ3v) is 7.17. The van der Waals surface area contributed by atoms with Crippen molar-refractivity contribution < 1.29 is 0 Å². The topological polar surface area (TPSA) is 9.72 Å². The minimum absolute atomic E-state index is 0.427. The lowest BCUT2D eigenvalue weighted by molar-refractivity contribution is 0.106. The van der Waals surface area contributed by atoms with Crippen LogP contribution in [-0.2, 0) is 0 Å². The summed E-state index contributed by atoms with van der Waals surface area (Å²) in [6, 6.07) is 1.56. The quantitative estimate of drug-likeness (QED) is 0.643.